The summed E-state index contributed by atoms with van der Waals surface area (Å²) in [6, 6.07) is 13.9. The molecule has 0 spiro atoms. The first-order chi connectivity index (χ1) is 13.2. The van der Waals surface area contributed by atoms with Crippen LogP contribution in [0.15, 0.2) is 53.1 Å². The topological polar surface area (TPSA) is 63.3 Å². The molecule has 2 aromatic heterocycles. The molecule has 6 nitrogen and oxygen atoms in total. The van der Waals surface area contributed by atoms with E-state index in [9.17, 15) is 4.79 Å². The third-order valence-corrected chi connectivity index (χ3v) is 5.06. The third kappa shape index (κ3) is 3.53. The van der Waals surface area contributed by atoms with E-state index in [-0.39, 0.29) is 5.91 Å². The Hall–Kier alpha value is -2.86. The van der Waals surface area contributed by atoms with Crippen molar-refractivity contribution in [3.8, 4) is 17.1 Å². The molecule has 4 rings (SSSR count). The molecule has 27 heavy (non-hydrogen) atoms. The summed E-state index contributed by atoms with van der Waals surface area (Å²) in [5.74, 6) is 1.42. The summed E-state index contributed by atoms with van der Waals surface area (Å²) in [6.45, 7) is 3.37. The molecule has 0 aliphatic carbocycles. The minimum atomic E-state index is 0.00110. The van der Waals surface area contributed by atoms with E-state index in [1.54, 1.807) is 4.68 Å². The third-order valence-electron chi connectivity index (χ3n) is 5.06. The number of para-hydroxylation sites is 1. The molecule has 0 bridgehead atoms. The highest BCUT2D eigenvalue weighted by atomic mass is 16.3. The number of hydrogen-bond donors (Lipinski definition) is 1. The van der Waals surface area contributed by atoms with Crippen LogP contribution in [0.1, 0.15) is 29.0 Å². The molecule has 3 heterocycles. The molecule has 6 heteroatoms. The van der Waals surface area contributed by atoms with Crippen LogP contribution in [0.5, 0.6) is 0 Å². The first kappa shape index (κ1) is 17.5. The number of furan rings is 1. The number of benzene rings is 1. The fraction of sp³-hybridized carbons (Fsp3) is 0.333. The second-order valence-corrected chi connectivity index (χ2v) is 6.96. The van der Waals surface area contributed by atoms with Gasteiger partial charge in [0.2, 0.25) is 0 Å². The number of piperidine rings is 1. The van der Waals surface area contributed by atoms with E-state index in [0.29, 0.717) is 29.6 Å². The van der Waals surface area contributed by atoms with Crippen molar-refractivity contribution in [3.05, 3.63) is 60.0 Å². The highest BCUT2D eigenvalue weighted by Gasteiger charge is 2.28. The zero-order valence-electron chi connectivity index (χ0n) is 15.7. The van der Waals surface area contributed by atoms with Crippen molar-refractivity contribution in [3.63, 3.8) is 0 Å². The van der Waals surface area contributed by atoms with Crippen molar-refractivity contribution < 1.29 is 9.21 Å². The monoisotopic (exact) mass is 364 g/mol. The van der Waals surface area contributed by atoms with Crippen LogP contribution in [0, 0.1) is 6.92 Å². The van der Waals surface area contributed by atoms with E-state index in [4.69, 9.17) is 4.42 Å². The molecule has 1 aliphatic rings. The Morgan fingerprint density at radius 2 is 2.04 bits per heavy atom. The number of rotatable bonds is 4. The Morgan fingerprint density at radius 3 is 2.74 bits per heavy atom. The van der Waals surface area contributed by atoms with Crippen LogP contribution in [0.4, 0.5) is 0 Å². The van der Waals surface area contributed by atoms with Crippen LogP contribution in [0.3, 0.4) is 0 Å². The average molecular weight is 364 g/mol. The maximum absolute atomic E-state index is 13.3. The largest absolute Gasteiger partial charge is 0.460 e. The average Bonchev–Trinajstić information content (AvgIpc) is 3.34. The van der Waals surface area contributed by atoms with Crippen molar-refractivity contribution in [1.29, 1.82) is 0 Å². The van der Waals surface area contributed by atoms with Gasteiger partial charge in [0, 0.05) is 25.3 Å². The van der Waals surface area contributed by atoms with Gasteiger partial charge in [-0.15, -0.1) is 0 Å². The number of nitrogens with zero attached hydrogens (tertiary/aromatic N) is 3. The van der Waals surface area contributed by atoms with Gasteiger partial charge in [0.1, 0.15) is 11.5 Å². The number of amides is 1. The van der Waals surface area contributed by atoms with E-state index in [2.05, 4.69) is 10.4 Å². The maximum atomic E-state index is 13.3. The number of aryl methyl sites for hydroxylation is 1. The summed E-state index contributed by atoms with van der Waals surface area (Å²) in [5, 5.41) is 7.97. The van der Waals surface area contributed by atoms with Crippen molar-refractivity contribution in [2.24, 2.45) is 0 Å². The number of likely N-dealkylation sites (N-methyl/N-ethyl adjacent to an activating group) is 1. The van der Waals surface area contributed by atoms with Gasteiger partial charge in [0.15, 0.2) is 5.76 Å². The number of hydrogen-bond acceptors (Lipinski definition) is 4. The van der Waals surface area contributed by atoms with Crippen LogP contribution < -0.4 is 5.32 Å². The summed E-state index contributed by atoms with van der Waals surface area (Å²) in [5.41, 5.74) is 2.07. The molecule has 1 unspecified atom stereocenters. The van der Waals surface area contributed by atoms with Gasteiger partial charge in [-0.05, 0) is 51.1 Å². The summed E-state index contributed by atoms with van der Waals surface area (Å²) in [7, 11) is 1.95. The Labute approximate surface area is 158 Å². The van der Waals surface area contributed by atoms with E-state index in [1.807, 2.05) is 67.5 Å². The Balaban J connectivity index is 1.74. The quantitative estimate of drug-likeness (QED) is 0.772. The predicted octanol–water partition coefficient (Wildman–Crippen LogP) is 3.26. The van der Waals surface area contributed by atoms with E-state index in [0.717, 1.165) is 30.8 Å². The first-order valence-corrected chi connectivity index (χ1v) is 9.34. The fourth-order valence-electron chi connectivity index (χ4n) is 3.55. The van der Waals surface area contributed by atoms with Gasteiger partial charge in [-0.3, -0.25) is 4.79 Å². The highest BCUT2D eigenvalue weighted by molar-refractivity contribution is 5.99. The van der Waals surface area contributed by atoms with Gasteiger partial charge >= 0.3 is 0 Å². The van der Waals surface area contributed by atoms with Gasteiger partial charge in [-0.25, -0.2) is 4.68 Å². The molecule has 1 aliphatic heterocycles. The van der Waals surface area contributed by atoms with E-state index < -0.39 is 0 Å². The van der Waals surface area contributed by atoms with Crippen LogP contribution in [0.2, 0.25) is 0 Å². The van der Waals surface area contributed by atoms with Crippen LogP contribution in [0.25, 0.3) is 17.1 Å². The lowest BCUT2D eigenvalue weighted by Crippen LogP contribution is -2.47. The Kier molecular flexibility index (Phi) is 4.81. The highest BCUT2D eigenvalue weighted by Crippen LogP contribution is 2.27. The molecule has 1 aromatic carbocycles. The molecular formula is C21H24N4O2. The molecule has 1 fully saturated rings. The molecule has 0 saturated carbocycles. The molecule has 1 N–H and O–H groups in total. The summed E-state index contributed by atoms with van der Waals surface area (Å²) >= 11 is 0. The second-order valence-electron chi connectivity index (χ2n) is 6.96. The van der Waals surface area contributed by atoms with Crippen LogP contribution in [-0.4, -0.2) is 46.8 Å². The molecule has 140 valence electrons. The molecule has 3 aromatic rings. The first-order valence-electron chi connectivity index (χ1n) is 9.34. The van der Waals surface area contributed by atoms with Crippen molar-refractivity contribution >= 4 is 5.91 Å². The predicted molar refractivity (Wildman–Crippen MR) is 104 cm³/mol. The van der Waals surface area contributed by atoms with Gasteiger partial charge in [-0.2, -0.15) is 5.10 Å². The number of likely N-dealkylation sites (tertiary alicyclic amines) is 1. The lowest BCUT2D eigenvalue weighted by molar-refractivity contribution is 0.0698. The normalized spacial score (nSPS) is 17.3. The lowest BCUT2D eigenvalue weighted by Gasteiger charge is -2.32. The lowest BCUT2D eigenvalue weighted by atomic mass is 10.0. The van der Waals surface area contributed by atoms with Crippen LogP contribution >= 0.6 is 0 Å². The number of carbonyl (C=O) groups excluding carboxylic acids is 1. The molecule has 1 atom stereocenters. The maximum Gasteiger partial charge on any atom is 0.257 e. The standard InChI is InChI=1S/C21H24N4O2/c1-15-10-11-19(27-15)20-18(14-25(23-20)17-8-4-3-5-9-17)21(26)24-12-6-7-16(13-24)22-2/h3-5,8-11,14,16,22H,6-7,12-13H2,1-2H3. The zero-order chi connectivity index (χ0) is 18.8. The number of carbonyl (C=O) groups is 1. The van der Waals surface area contributed by atoms with Gasteiger partial charge in [0.05, 0.1) is 11.3 Å². The molecule has 1 amide bonds. The van der Waals surface area contributed by atoms with Gasteiger partial charge in [0.25, 0.3) is 5.91 Å². The van der Waals surface area contributed by atoms with Crippen molar-refractivity contribution in [2.75, 3.05) is 20.1 Å². The SMILES string of the molecule is CNC1CCCN(C(=O)c2cn(-c3ccccc3)nc2-c2ccc(C)o2)C1. The van der Waals surface area contributed by atoms with E-state index in [1.165, 1.54) is 0 Å². The minimum absolute atomic E-state index is 0.00110. The fourth-order valence-corrected chi connectivity index (χ4v) is 3.55. The molecule has 0 radical (unpaired) electrons. The van der Waals surface area contributed by atoms with E-state index >= 15 is 0 Å². The van der Waals surface area contributed by atoms with Gasteiger partial charge < -0.3 is 14.6 Å². The summed E-state index contributed by atoms with van der Waals surface area (Å²) in [6.07, 6.45) is 3.90. The number of nitrogens with one attached hydrogen (secondary N) is 1. The molecule has 1 saturated heterocycles. The summed E-state index contributed by atoms with van der Waals surface area (Å²) < 4.78 is 7.53. The van der Waals surface area contributed by atoms with Crippen LogP contribution in [-0.2, 0) is 0 Å². The number of aromatic nitrogens is 2. The second kappa shape index (κ2) is 7.40. The zero-order valence-corrected chi connectivity index (χ0v) is 15.7. The minimum Gasteiger partial charge on any atom is -0.460 e. The Morgan fingerprint density at radius 1 is 1.22 bits per heavy atom. The smallest absolute Gasteiger partial charge is 0.257 e. The Bertz CT molecular complexity index is 929. The van der Waals surface area contributed by atoms with Crippen molar-refractivity contribution in [1.82, 2.24) is 20.0 Å². The van der Waals surface area contributed by atoms with Crippen molar-refractivity contribution in [2.45, 2.75) is 25.8 Å². The summed E-state index contributed by atoms with van der Waals surface area (Å²) in [4.78, 5) is 15.2. The van der Waals surface area contributed by atoms with Gasteiger partial charge in [-0.1, -0.05) is 18.2 Å². The molecular weight excluding hydrogens is 340 g/mol.